The zero-order valence-electron chi connectivity index (χ0n) is 16.0. The Hall–Kier alpha value is -3.61. The van der Waals surface area contributed by atoms with Crippen LogP contribution in [-0.2, 0) is 18.4 Å². The summed E-state index contributed by atoms with van der Waals surface area (Å²) in [4.78, 5) is 16.4. The molecule has 0 aliphatic rings. The van der Waals surface area contributed by atoms with Crippen LogP contribution in [0, 0.1) is 0 Å². The van der Waals surface area contributed by atoms with Gasteiger partial charge in [-0.25, -0.2) is 0 Å². The first kappa shape index (κ1) is 19.2. The molecule has 28 heavy (non-hydrogen) atoms. The van der Waals surface area contributed by atoms with Crippen molar-refractivity contribution >= 4 is 12.0 Å². The van der Waals surface area contributed by atoms with Gasteiger partial charge < -0.3 is 14.8 Å². The van der Waals surface area contributed by atoms with Crippen molar-refractivity contribution in [1.82, 2.24) is 20.1 Å². The molecule has 0 aliphatic heterocycles. The Balaban J connectivity index is 1.61. The molecule has 144 valence electrons. The second-order valence-corrected chi connectivity index (χ2v) is 6.15. The fraction of sp³-hybridized carbons (Fsp3) is 0.190. The summed E-state index contributed by atoms with van der Waals surface area (Å²) in [5.41, 5.74) is 3.69. The van der Waals surface area contributed by atoms with Gasteiger partial charge >= 0.3 is 0 Å². The van der Waals surface area contributed by atoms with Gasteiger partial charge in [0.05, 0.1) is 20.4 Å². The predicted octanol–water partition coefficient (Wildman–Crippen LogP) is 2.83. The van der Waals surface area contributed by atoms with Crippen molar-refractivity contribution in [3.8, 4) is 22.6 Å². The molecule has 3 rings (SSSR count). The fourth-order valence-electron chi connectivity index (χ4n) is 2.69. The molecule has 0 saturated heterocycles. The fourth-order valence-corrected chi connectivity index (χ4v) is 2.69. The number of carbonyl (C=O) groups is 1. The largest absolute Gasteiger partial charge is 0.493 e. The van der Waals surface area contributed by atoms with E-state index in [1.54, 1.807) is 49.6 Å². The molecule has 0 radical (unpaired) electrons. The average Bonchev–Trinajstić information content (AvgIpc) is 3.17. The van der Waals surface area contributed by atoms with Crippen molar-refractivity contribution in [1.29, 1.82) is 0 Å². The molecule has 0 unspecified atom stereocenters. The lowest BCUT2D eigenvalue weighted by Crippen LogP contribution is -2.20. The molecule has 0 atom stereocenters. The summed E-state index contributed by atoms with van der Waals surface area (Å²) in [5.74, 6) is 1.06. The number of ether oxygens (including phenoxy) is 2. The number of nitrogens with zero attached hydrogens (tertiary/aromatic N) is 3. The van der Waals surface area contributed by atoms with E-state index in [0.717, 1.165) is 22.3 Å². The van der Waals surface area contributed by atoms with Crippen molar-refractivity contribution in [3.63, 3.8) is 0 Å². The van der Waals surface area contributed by atoms with Gasteiger partial charge in [-0.1, -0.05) is 6.07 Å². The van der Waals surface area contributed by atoms with Gasteiger partial charge in [-0.3, -0.25) is 14.5 Å². The van der Waals surface area contributed by atoms with E-state index in [9.17, 15) is 4.79 Å². The summed E-state index contributed by atoms with van der Waals surface area (Å²) in [6.07, 6.45) is 10.4. The average molecular weight is 378 g/mol. The molecule has 2 aromatic heterocycles. The number of carbonyl (C=O) groups excluding carboxylic acids is 1. The molecule has 2 heterocycles. The van der Waals surface area contributed by atoms with Crippen LogP contribution in [0.2, 0.25) is 0 Å². The van der Waals surface area contributed by atoms with E-state index in [-0.39, 0.29) is 5.91 Å². The number of hydrogen-bond donors (Lipinski definition) is 1. The normalized spacial score (nSPS) is 10.8. The van der Waals surface area contributed by atoms with E-state index >= 15 is 0 Å². The smallest absolute Gasteiger partial charge is 0.244 e. The highest BCUT2D eigenvalue weighted by Crippen LogP contribution is 2.27. The van der Waals surface area contributed by atoms with Crippen LogP contribution in [0.5, 0.6) is 11.5 Å². The van der Waals surface area contributed by atoms with Crippen molar-refractivity contribution in [2.24, 2.45) is 7.05 Å². The highest BCUT2D eigenvalue weighted by Gasteiger charge is 2.05. The third kappa shape index (κ3) is 4.76. The first-order valence-corrected chi connectivity index (χ1v) is 8.70. The topological polar surface area (TPSA) is 78.3 Å². The minimum absolute atomic E-state index is 0.193. The SMILES string of the molecule is COc1ccc(/C=C/C(=O)NCc2cncc(-c3cnn(C)c3)c2)cc1OC. The van der Waals surface area contributed by atoms with Crippen molar-refractivity contribution < 1.29 is 14.3 Å². The second kappa shape index (κ2) is 8.85. The zero-order valence-corrected chi connectivity index (χ0v) is 16.0. The van der Waals surface area contributed by atoms with E-state index in [4.69, 9.17) is 9.47 Å². The monoisotopic (exact) mass is 378 g/mol. The maximum Gasteiger partial charge on any atom is 0.244 e. The number of rotatable bonds is 7. The summed E-state index contributed by atoms with van der Waals surface area (Å²) in [6, 6.07) is 7.45. The Morgan fingerprint density at radius 3 is 2.64 bits per heavy atom. The van der Waals surface area contributed by atoms with Crippen LogP contribution in [0.3, 0.4) is 0 Å². The molecule has 1 amide bonds. The lowest BCUT2D eigenvalue weighted by molar-refractivity contribution is -0.116. The Kier molecular flexibility index (Phi) is 6.06. The maximum absolute atomic E-state index is 12.1. The van der Waals surface area contributed by atoms with Gasteiger partial charge in [-0.15, -0.1) is 0 Å². The second-order valence-electron chi connectivity index (χ2n) is 6.15. The first-order valence-electron chi connectivity index (χ1n) is 8.70. The summed E-state index contributed by atoms with van der Waals surface area (Å²) in [7, 11) is 5.02. The van der Waals surface area contributed by atoms with Gasteiger partial charge in [0, 0.05) is 49.4 Å². The molecule has 1 aromatic carbocycles. The van der Waals surface area contributed by atoms with Gasteiger partial charge in [0.2, 0.25) is 5.91 Å². The lowest BCUT2D eigenvalue weighted by Gasteiger charge is -2.07. The molecule has 0 spiro atoms. The molecule has 1 N–H and O–H groups in total. The number of methoxy groups -OCH3 is 2. The third-order valence-corrected chi connectivity index (χ3v) is 4.13. The quantitative estimate of drug-likeness (QED) is 0.640. The number of nitrogens with one attached hydrogen (secondary N) is 1. The molecule has 0 saturated carbocycles. The van der Waals surface area contributed by atoms with Crippen LogP contribution in [-0.4, -0.2) is 34.9 Å². The Labute approximate surface area is 163 Å². The summed E-state index contributed by atoms with van der Waals surface area (Å²) < 4.78 is 12.2. The summed E-state index contributed by atoms with van der Waals surface area (Å²) in [5, 5.41) is 7.03. The van der Waals surface area contributed by atoms with E-state index in [1.807, 2.05) is 31.4 Å². The van der Waals surface area contributed by atoms with Gasteiger partial charge in [-0.2, -0.15) is 5.10 Å². The Morgan fingerprint density at radius 1 is 1.11 bits per heavy atom. The van der Waals surface area contributed by atoms with Gasteiger partial charge in [0.1, 0.15) is 0 Å². The molecule has 0 aliphatic carbocycles. The van der Waals surface area contributed by atoms with Crippen LogP contribution in [0.15, 0.2) is 55.1 Å². The number of aryl methyl sites for hydroxylation is 1. The van der Waals surface area contributed by atoms with E-state index in [2.05, 4.69) is 15.4 Å². The van der Waals surface area contributed by atoms with Crippen molar-refractivity contribution in [2.75, 3.05) is 14.2 Å². The summed E-state index contributed by atoms with van der Waals surface area (Å²) in [6.45, 7) is 0.385. The molecule has 7 heteroatoms. The predicted molar refractivity (Wildman–Crippen MR) is 107 cm³/mol. The number of amides is 1. The molecule has 7 nitrogen and oxygen atoms in total. The number of pyridine rings is 1. The summed E-state index contributed by atoms with van der Waals surface area (Å²) >= 11 is 0. The zero-order chi connectivity index (χ0) is 19.9. The molecule has 0 fully saturated rings. The van der Waals surface area contributed by atoms with Crippen LogP contribution < -0.4 is 14.8 Å². The van der Waals surface area contributed by atoms with Crippen LogP contribution in [0.25, 0.3) is 17.2 Å². The molecule has 3 aromatic rings. The highest BCUT2D eigenvalue weighted by atomic mass is 16.5. The molecule has 0 bridgehead atoms. The standard InChI is InChI=1S/C21H22N4O3/c1-25-14-18(13-24-25)17-8-16(10-22-12-17)11-23-21(26)7-5-15-4-6-19(27-2)20(9-15)28-3/h4-10,12-14H,11H2,1-3H3,(H,23,26)/b7-5+. The number of aromatic nitrogens is 3. The Bertz CT molecular complexity index is 995. The molecular formula is C21H22N4O3. The highest BCUT2D eigenvalue weighted by molar-refractivity contribution is 5.91. The van der Waals surface area contributed by atoms with Crippen molar-refractivity contribution in [3.05, 3.63) is 66.3 Å². The minimum Gasteiger partial charge on any atom is -0.493 e. The van der Waals surface area contributed by atoms with Crippen LogP contribution in [0.4, 0.5) is 0 Å². The lowest BCUT2D eigenvalue weighted by atomic mass is 10.1. The van der Waals surface area contributed by atoms with Crippen molar-refractivity contribution in [2.45, 2.75) is 6.54 Å². The van der Waals surface area contributed by atoms with E-state index in [1.165, 1.54) is 6.08 Å². The third-order valence-electron chi connectivity index (χ3n) is 4.13. The van der Waals surface area contributed by atoms with Crippen LogP contribution in [0.1, 0.15) is 11.1 Å². The number of hydrogen-bond acceptors (Lipinski definition) is 5. The van der Waals surface area contributed by atoms with E-state index in [0.29, 0.717) is 18.0 Å². The Morgan fingerprint density at radius 2 is 1.93 bits per heavy atom. The van der Waals surface area contributed by atoms with Crippen LogP contribution >= 0.6 is 0 Å². The van der Waals surface area contributed by atoms with E-state index < -0.39 is 0 Å². The van der Waals surface area contributed by atoms with Gasteiger partial charge in [-0.05, 0) is 35.4 Å². The van der Waals surface area contributed by atoms with Gasteiger partial charge in [0.25, 0.3) is 0 Å². The molecular weight excluding hydrogens is 356 g/mol. The van der Waals surface area contributed by atoms with Gasteiger partial charge in [0.15, 0.2) is 11.5 Å². The minimum atomic E-state index is -0.193. The number of benzene rings is 1. The first-order chi connectivity index (χ1) is 13.6. The maximum atomic E-state index is 12.1.